The third-order valence-corrected chi connectivity index (χ3v) is 3.13. The lowest BCUT2D eigenvalue weighted by Gasteiger charge is -2.15. The summed E-state index contributed by atoms with van der Waals surface area (Å²) in [5.74, 6) is 0.516. The van der Waals surface area contributed by atoms with Crippen LogP contribution in [0.4, 0.5) is 0 Å². The van der Waals surface area contributed by atoms with Crippen molar-refractivity contribution in [2.75, 3.05) is 0 Å². The molecule has 2 rings (SSSR count). The van der Waals surface area contributed by atoms with E-state index in [1.54, 1.807) is 0 Å². The Hall–Kier alpha value is -1.21. The summed E-state index contributed by atoms with van der Waals surface area (Å²) >= 11 is 4.57. The van der Waals surface area contributed by atoms with E-state index in [0.717, 1.165) is 4.90 Å². The highest BCUT2D eigenvalue weighted by molar-refractivity contribution is 7.80. The lowest BCUT2D eigenvalue weighted by molar-refractivity contribution is 0.865. The highest BCUT2D eigenvalue weighted by Crippen LogP contribution is 2.33. The molecular weight excluding hydrogens is 212 g/mol. The Bertz CT molecular complexity index is 472. The van der Waals surface area contributed by atoms with Gasteiger partial charge in [-0.05, 0) is 28.7 Å². The van der Waals surface area contributed by atoms with Gasteiger partial charge < -0.3 is 0 Å². The van der Waals surface area contributed by atoms with E-state index in [9.17, 15) is 0 Å². The van der Waals surface area contributed by atoms with Crippen molar-refractivity contribution in [3.63, 3.8) is 0 Å². The van der Waals surface area contributed by atoms with Gasteiger partial charge in [0.1, 0.15) is 0 Å². The summed E-state index contributed by atoms with van der Waals surface area (Å²) in [6, 6.07) is 16.8. The van der Waals surface area contributed by atoms with Crippen molar-refractivity contribution in [1.29, 1.82) is 0 Å². The molecule has 0 unspecified atom stereocenters. The number of rotatable bonds is 2. The maximum absolute atomic E-state index is 4.57. The molecule has 0 N–H and O–H groups in total. The van der Waals surface area contributed by atoms with Gasteiger partial charge in [-0.1, -0.05) is 56.3 Å². The second-order valence-electron chi connectivity index (χ2n) is 4.26. The maximum Gasteiger partial charge on any atom is 0.0121 e. The molecule has 0 fully saturated rings. The van der Waals surface area contributed by atoms with Gasteiger partial charge in [0.05, 0.1) is 0 Å². The first kappa shape index (κ1) is 11.3. The first-order valence-electron chi connectivity index (χ1n) is 5.57. The Morgan fingerprint density at radius 3 is 2.19 bits per heavy atom. The highest BCUT2D eigenvalue weighted by atomic mass is 32.1. The standard InChI is InChI=1S/C15H16S/c1-11(2)13-9-6-10-14(16)15(13)12-7-4-3-5-8-12/h3-11,16H,1-2H3. The van der Waals surface area contributed by atoms with Crippen LogP contribution in [0.15, 0.2) is 53.4 Å². The molecule has 0 aromatic heterocycles. The number of hydrogen-bond acceptors (Lipinski definition) is 1. The third kappa shape index (κ3) is 2.14. The van der Waals surface area contributed by atoms with E-state index >= 15 is 0 Å². The molecule has 82 valence electrons. The van der Waals surface area contributed by atoms with E-state index in [4.69, 9.17) is 0 Å². The molecule has 0 radical (unpaired) electrons. The van der Waals surface area contributed by atoms with Gasteiger partial charge in [0.25, 0.3) is 0 Å². The average Bonchev–Trinajstić information content (AvgIpc) is 2.29. The van der Waals surface area contributed by atoms with Crippen LogP contribution in [0, 0.1) is 0 Å². The molecule has 0 spiro atoms. The van der Waals surface area contributed by atoms with Crippen molar-refractivity contribution < 1.29 is 0 Å². The largest absolute Gasteiger partial charge is 0.143 e. The van der Waals surface area contributed by atoms with Crippen molar-refractivity contribution in [2.45, 2.75) is 24.7 Å². The fourth-order valence-electron chi connectivity index (χ4n) is 1.96. The Kier molecular flexibility index (Phi) is 3.35. The number of benzene rings is 2. The van der Waals surface area contributed by atoms with E-state index < -0.39 is 0 Å². The molecular formula is C15H16S. The van der Waals surface area contributed by atoms with Gasteiger partial charge in [-0.2, -0.15) is 0 Å². The zero-order chi connectivity index (χ0) is 11.5. The van der Waals surface area contributed by atoms with Crippen molar-refractivity contribution in [3.8, 4) is 11.1 Å². The first-order chi connectivity index (χ1) is 7.70. The normalized spacial score (nSPS) is 10.8. The molecule has 0 saturated carbocycles. The number of hydrogen-bond donors (Lipinski definition) is 1. The van der Waals surface area contributed by atoms with Crippen molar-refractivity contribution in [1.82, 2.24) is 0 Å². The van der Waals surface area contributed by atoms with Gasteiger partial charge in [0, 0.05) is 4.90 Å². The number of thiol groups is 1. The zero-order valence-electron chi connectivity index (χ0n) is 9.64. The predicted molar refractivity (Wildman–Crippen MR) is 73.2 cm³/mol. The maximum atomic E-state index is 4.57. The summed E-state index contributed by atoms with van der Waals surface area (Å²) in [6.07, 6.45) is 0. The molecule has 0 bridgehead atoms. The van der Waals surface area contributed by atoms with Crippen LogP contribution < -0.4 is 0 Å². The smallest absolute Gasteiger partial charge is 0.0121 e. The Labute approximate surface area is 103 Å². The van der Waals surface area contributed by atoms with E-state index in [1.807, 2.05) is 6.07 Å². The molecule has 0 aliphatic carbocycles. The van der Waals surface area contributed by atoms with Crippen LogP contribution in [0.1, 0.15) is 25.3 Å². The van der Waals surface area contributed by atoms with Crippen LogP contribution in [0.3, 0.4) is 0 Å². The van der Waals surface area contributed by atoms with Crippen LogP contribution >= 0.6 is 12.6 Å². The molecule has 0 atom stereocenters. The monoisotopic (exact) mass is 228 g/mol. The van der Waals surface area contributed by atoms with Crippen LogP contribution in [0.5, 0.6) is 0 Å². The molecule has 2 aromatic carbocycles. The molecule has 0 saturated heterocycles. The first-order valence-corrected chi connectivity index (χ1v) is 6.02. The van der Waals surface area contributed by atoms with Gasteiger partial charge >= 0.3 is 0 Å². The second-order valence-corrected chi connectivity index (χ2v) is 4.74. The summed E-state index contributed by atoms with van der Waals surface area (Å²) in [7, 11) is 0. The van der Waals surface area contributed by atoms with Crippen molar-refractivity contribution in [3.05, 3.63) is 54.1 Å². The van der Waals surface area contributed by atoms with E-state index in [-0.39, 0.29) is 0 Å². The summed E-state index contributed by atoms with van der Waals surface area (Å²) in [6.45, 7) is 4.43. The van der Waals surface area contributed by atoms with Gasteiger partial charge in [-0.15, -0.1) is 12.6 Å². The second kappa shape index (κ2) is 4.75. The lowest BCUT2D eigenvalue weighted by Crippen LogP contribution is -1.93. The van der Waals surface area contributed by atoms with Gasteiger partial charge in [-0.3, -0.25) is 0 Å². The minimum atomic E-state index is 0.516. The molecule has 2 aromatic rings. The lowest BCUT2D eigenvalue weighted by atomic mass is 9.92. The molecule has 0 aliphatic heterocycles. The zero-order valence-corrected chi connectivity index (χ0v) is 10.5. The van der Waals surface area contributed by atoms with E-state index in [2.05, 4.69) is 68.9 Å². The fraction of sp³-hybridized carbons (Fsp3) is 0.200. The van der Waals surface area contributed by atoms with Crippen LogP contribution in [0.25, 0.3) is 11.1 Å². The van der Waals surface area contributed by atoms with Gasteiger partial charge in [0.15, 0.2) is 0 Å². The summed E-state index contributed by atoms with van der Waals surface area (Å²) < 4.78 is 0. The highest BCUT2D eigenvalue weighted by Gasteiger charge is 2.10. The Morgan fingerprint density at radius 2 is 1.56 bits per heavy atom. The van der Waals surface area contributed by atoms with Crippen LogP contribution in [-0.4, -0.2) is 0 Å². The van der Waals surface area contributed by atoms with Crippen molar-refractivity contribution in [2.24, 2.45) is 0 Å². The summed E-state index contributed by atoms with van der Waals surface area (Å²) in [5.41, 5.74) is 3.87. The minimum Gasteiger partial charge on any atom is -0.143 e. The fourth-order valence-corrected chi connectivity index (χ4v) is 2.30. The summed E-state index contributed by atoms with van der Waals surface area (Å²) in [4.78, 5) is 1.05. The van der Waals surface area contributed by atoms with E-state index in [1.165, 1.54) is 16.7 Å². The van der Waals surface area contributed by atoms with Crippen LogP contribution in [-0.2, 0) is 0 Å². The van der Waals surface area contributed by atoms with Crippen molar-refractivity contribution >= 4 is 12.6 Å². The molecule has 0 amide bonds. The predicted octanol–water partition coefficient (Wildman–Crippen LogP) is 4.77. The minimum absolute atomic E-state index is 0.516. The molecule has 0 heterocycles. The topological polar surface area (TPSA) is 0 Å². The molecule has 0 aliphatic rings. The summed E-state index contributed by atoms with van der Waals surface area (Å²) in [5, 5.41) is 0. The third-order valence-electron chi connectivity index (χ3n) is 2.76. The molecule has 16 heavy (non-hydrogen) atoms. The molecule has 0 nitrogen and oxygen atoms in total. The van der Waals surface area contributed by atoms with Gasteiger partial charge in [-0.25, -0.2) is 0 Å². The average molecular weight is 228 g/mol. The Balaban J connectivity index is 2.64. The SMILES string of the molecule is CC(C)c1cccc(S)c1-c1ccccc1. The molecule has 1 heteroatoms. The van der Waals surface area contributed by atoms with Gasteiger partial charge in [0.2, 0.25) is 0 Å². The van der Waals surface area contributed by atoms with E-state index in [0.29, 0.717) is 5.92 Å². The Morgan fingerprint density at radius 1 is 0.875 bits per heavy atom. The van der Waals surface area contributed by atoms with Crippen LogP contribution in [0.2, 0.25) is 0 Å². The quantitative estimate of drug-likeness (QED) is 0.703.